The second-order valence-electron chi connectivity index (χ2n) is 2.91. The first-order chi connectivity index (χ1) is 7.58. The van der Waals surface area contributed by atoms with E-state index in [1.54, 1.807) is 12.1 Å². The van der Waals surface area contributed by atoms with E-state index < -0.39 is 5.97 Å². The van der Waals surface area contributed by atoms with Gasteiger partial charge in [-0.15, -0.1) is 0 Å². The molecule has 0 fully saturated rings. The summed E-state index contributed by atoms with van der Waals surface area (Å²) in [6, 6.07) is 3.43. The van der Waals surface area contributed by atoms with Crippen LogP contribution in [0.2, 0.25) is 0 Å². The standard InChI is InChI=1S/C11H11BrO4/c1-15-8-5-7(3-4-10(13)14)6-9(16-2)11(8)12/h3-6H,1-2H3,(H,13,14). The third-order valence-corrected chi connectivity index (χ3v) is 2.67. The monoisotopic (exact) mass is 286 g/mol. The lowest BCUT2D eigenvalue weighted by Gasteiger charge is -2.09. The Labute approximate surface area is 102 Å². The molecule has 5 heteroatoms. The highest BCUT2D eigenvalue weighted by molar-refractivity contribution is 9.10. The highest BCUT2D eigenvalue weighted by Crippen LogP contribution is 2.35. The molecule has 4 nitrogen and oxygen atoms in total. The smallest absolute Gasteiger partial charge is 0.328 e. The molecule has 0 radical (unpaired) electrons. The zero-order valence-electron chi connectivity index (χ0n) is 8.86. The molecule has 86 valence electrons. The lowest BCUT2D eigenvalue weighted by Crippen LogP contribution is -1.91. The van der Waals surface area contributed by atoms with E-state index >= 15 is 0 Å². The first kappa shape index (κ1) is 12.6. The average molecular weight is 287 g/mol. The number of halogens is 1. The molecule has 0 aromatic heterocycles. The molecule has 16 heavy (non-hydrogen) atoms. The van der Waals surface area contributed by atoms with Gasteiger partial charge in [-0.05, 0) is 39.7 Å². The Balaban J connectivity index is 3.16. The maximum Gasteiger partial charge on any atom is 0.328 e. The van der Waals surface area contributed by atoms with Crippen molar-refractivity contribution in [1.29, 1.82) is 0 Å². The summed E-state index contributed by atoms with van der Waals surface area (Å²) in [6.07, 6.45) is 2.53. The first-order valence-electron chi connectivity index (χ1n) is 4.41. The summed E-state index contributed by atoms with van der Waals surface area (Å²) >= 11 is 3.33. The van der Waals surface area contributed by atoms with Crippen molar-refractivity contribution in [3.63, 3.8) is 0 Å². The van der Waals surface area contributed by atoms with Gasteiger partial charge in [-0.1, -0.05) is 0 Å². The van der Waals surface area contributed by atoms with Crippen molar-refractivity contribution in [2.75, 3.05) is 14.2 Å². The third kappa shape index (κ3) is 3.00. The van der Waals surface area contributed by atoms with Crippen molar-refractivity contribution in [2.45, 2.75) is 0 Å². The third-order valence-electron chi connectivity index (χ3n) is 1.89. The van der Waals surface area contributed by atoms with E-state index in [4.69, 9.17) is 14.6 Å². The minimum atomic E-state index is -0.999. The van der Waals surface area contributed by atoms with E-state index in [-0.39, 0.29) is 0 Å². The number of carboxylic acids is 1. The summed E-state index contributed by atoms with van der Waals surface area (Å²) in [5.41, 5.74) is 0.694. The number of hydrogen-bond donors (Lipinski definition) is 1. The van der Waals surface area contributed by atoms with Gasteiger partial charge in [0.25, 0.3) is 0 Å². The van der Waals surface area contributed by atoms with Gasteiger partial charge in [0.2, 0.25) is 0 Å². The van der Waals surface area contributed by atoms with E-state index in [1.165, 1.54) is 20.3 Å². The number of benzene rings is 1. The molecule has 0 amide bonds. The number of rotatable bonds is 4. The first-order valence-corrected chi connectivity index (χ1v) is 5.20. The van der Waals surface area contributed by atoms with Gasteiger partial charge in [-0.3, -0.25) is 0 Å². The van der Waals surface area contributed by atoms with Crippen molar-refractivity contribution in [3.8, 4) is 11.5 Å². The summed E-state index contributed by atoms with van der Waals surface area (Å²) in [4.78, 5) is 10.4. The molecule has 0 aliphatic rings. The van der Waals surface area contributed by atoms with Crippen LogP contribution in [0.1, 0.15) is 5.56 Å². The Bertz CT molecular complexity index is 401. The van der Waals surface area contributed by atoms with Crippen LogP contribution in [-0.2, 0) is 4.79 Å². The zero-order chi connectivity index (χ0) is 12.1. The molecular weight excluding hydrogens is 276 g/mol. The Morgan fingerprint density at radius 1 is 1.31 bits per heavy atom. The molecule has 0 saturated carbocycles. The van der Waals surface area contributed by atoms with Crippen LogP contribution in [0.25, 0.3) is 6.08 Å². The van der Waals surface area contributed by atoms with E-state index in [0.717, 1.165) is 6.08 Å². The SMILES string of the molecule is COc1cc(C=CC(=O)O)cc(OC)c1Br. The fourth-order valence-electron chi connectivity index (χ4n) is 1.15. The van der Waals surface area contributed by atoms with Gasteiger partial charge < -0.3 is 14.6 Å². The van der Waals surface area contributed by atoms with Crippen LogP contribution in [0.4, 0.5) is 0 Å². The molecule has 0 spiro atoms. The van der Waals surface area contributed by atoms with E-state index in [9.17, 15) is 4.79 Å². The molecule has 0 atom stereocenters. The van der Waals surface area contributed by atoms with Crippen LogP contribution in [0.3, 0.4) is 0 Å². The molecular formula is C11H11BrO4. The molecule has 0 saturated heterocycles. The van der Waals surface area contributed by atoms with Crippen LogP contribution < -0.4 is 9.47 Å². The second kappa shape index (κ2) is 5.55. The summed E-state index contributed by atoms with van der Waals surface area (Å²) in [7, 11) is 3.06. The Kier molecular flexibility index (Phi) is 4.37. The average Bonchev–Trinajstić information content (AvgIpc) is 2.27. The minimum Gasteiger partial charge on any atom is -0.495 e. The highest BCUT2D eigenvalue weighted by Gasteiger charge is 2.08. The predicted octanol–water partition coefficient (Wildman–Crippen LogP) is 2.56. The van der Waals surface area contributed by atoms with Crippen molar-refractivity contribution in [2.24, 2.45) is 0 Å². The van der Waals surface area contributed by atoms with Crippen LogP contribution in [0.15, 0.2) is 22.7 Å². The number of hydrogen-bond acceptors (Lipinski definition) is 3. The molecule has 1 rings (SSSR count). The van der Waals surface area contributed by atoms with Gasteiger partial charge in [0.15, 0.2) is 0 Å². The van der Waals surface area contributed by atoms with Crippen molar-refractivity contribution < 1.29 is 19.4 Å². The second-order valence-corrected chi connectivity index (χ2v) is 3.70. The summed E-state index contributed by atoms with van der Waals surface area (Å²) in [5.74, 6) is 0.176. The number of carbonyl (C=O) groups is 1. The number of carboxylic acid groups (broad SMARTS) is 1. The zero-order valence-corrected chi connectivity index (χ0v) is 10.4. The van der Waals surface area contributed by atoms with Gasteiger partial charge >= 0.3 is 5.97 Å². The Hall–Kier alpha value is -1.49. The normalized spacial score (nSPS) is 10.4. The summed E-state index contributed by atoms with van der Waals surface area (Å²) in [5, 5.41) is 8.52. The van der Waals surface area contributed by atoms with Crippen LogP contribution in [0.5, 0.6) is 11.5 Å². The quantitative estimate of drug-likeness (QED) is 0.865. The lowest BCUT2D eigenvalue weighted by molar-refractivity contribution is -0.131. The van der Waals surface area contributed by atoms with E-state index in [1.807, 2.05) is 0 Å². The van der Waals surface area contributed by atoms with Gasteiger partial charge in [0, 0.05) is 6.08 Å². The largest absolute Gasteiger partial charge is 0.495 e. The molecule has 0 heterocycles. The highest BCUT2D eigenvalue weighted by atomic mass is 79.9. The van der Waals surface area contributed by atoms with Gasteiger partial charge in [0.05, 0.1) is 14.2 Å². The lowest BCUT2D eigenvalue weighted by atomic mass is 10.2. The maximum absolute atomic E-state index is 10.4. The predicted molar refractivity (Wildman–Crippen MR) is 63.9 cm³/mol. The molecule has 0 aliphatic heterocycles. The minimum absolute atomic E-state index is 0.587. The maximum atomic E-state index is 10.4. The molecule has 0 aliphatic carbocycles. The number of ether oxygens (including phenoxy) is 2. The number of aliphatic carboxylic acids is 1. The van der Waals surface area contributed by atoms with Crippen molar-refractivity contribution in [3.05, 3.63) is 28.2 Å². The Morgan fingerprint density at radius 3 is 2.19 bits per heavy atom. The molecule has 1 aromatic rings. The van der Waals surface area contributed by atoms with Crippen LogP contribution in [0, 0.1) is 0 Å². The van der Waals surface area contributed by atoms with E-state index in [0.29, 0.717) is 21.5 Å². The molecule has 1 N–H and O–H groups in total. The number of methoxy groups -OCH3 is 2. The van der Waals surface area contributed by atoms with E-state index in [2.05, 4.69) is 15.9 Å². The van der Waals surface area contributed by atoms with Gasteiger partial charge in [0.1, 0.15) is 16.0 Å². The van der Waals surface area contributed by atoms with Crippen molar-refractivity contribution >= 4 is 28.0 Å². The molecule has 1 aromatic carbocycles. The molecule has 0 bridgehead atoms. The molecule has 0 unspecified atom stereocenters. The summed E-state index contributed by atoms with van der Waals surface area (Å²) < 4.78 is 11.0. The van der Waals surface area contributed by atoms with Gasteiger partial charge in [-0.25, -0.2) is 4.79 Å². The topological polar surface area (TPSA) is 55.8 Å². The van der Waals surface area contributed by atoms with Crippen molar-refractivity contribution in [1.82, 2.24) is 0 Å². The Morgan fingerprint density at radius 2 is 1.81 bits per heavy atom. The van der Waals surface area contributed by atoms with Crippen LogP contribution >= 0.6 is 15.9 Å². The fraction of sp³-hybridized carbons (Fsp3) is 0.182. The van der Waals surface area contributed by atoms with Gasteiger partial charge in [-0.2, -0.15) is 0 Å². The summed E-state index contributed by atoms with van der Waals surface area (Å²) in [6.45, 7) is 0. The fourth-order valence-corrected chi connectivity index (χ4v) is 1.71. The van der Waals surface area contributed by atoms with Crippen LogP contribution in [-0.4, -0.2) is 25.3 Å².